The second-order valence-electron chi connectivity index (χ2n) is 7.87. The van der Waals surface area contributed by atoms with E-state index in [9.17, 15) is 34.2 Å². The van der Waals surface area contributed by atoms with Crippen LogP contribution in [0.15, 0.2) is 0 Å². The minimum Gasteiger partial charge on any atom is -0.480 e. The van der Waals surface area contributed by atoms with Crippen LogP contribution in [0.3, 0.4) is 0 Å². The van der Waals surface area contributed by atoms with Gasteiger partial charge in [0.15, 0.2) is 0 Å². The zero-order valence-corrected chi connectivity index (χ0v) is 18.2. The molecule has 0 radical (unpaired) electrons. The Morgan fingerprint density at radius 2 is 1.78 bits per heavy atom. The summed E-state index contributed by atoms with van der Waals surface area (Å²) in [4.78, 5) is 62.1. The number of nitrogens with two attached hydrogens (primary N) is 3. The first-order valence-corrected chi connectivity index (χ1v) is 10.6. The molecule has 0 spiro atoms. The maximum absolute atomic E-state index is 13.0. The lowest BCUT2D eigenvalue weighted by Crippen LogP contribution is -2.58. The van der Waals surface area contributed by atoms with Crippen LogP contribution in [0, 0.1) is 0 Å². The Bertz CT molecular complexity index is 702. The molecule has 0 aromatic heterocycles. The molecule has 5 atom stereocenters. The molecule has 32 heavy (non-hydrogen) atoms. The van der Waals surface area contributed by atoms with Crippen LogP contribution >= 0.6 is 0 Å². The van der Waals surface area contributed by atoms with Crippen LogP contribution < -0.4 is 27.8 Å². The average Bonchev–Trinajstić information content (AvgIpc) is 3.20. The fraction of sp³-hybridized carbons (Fsp3) is 0.737. The van der Waals surface area contributed by atoms with E-state index in [2.05, 4.69) is 10.6 Å². The Kier molecular flexibility index (Phi) is 11.0. The van der Waals surface area contributed by atoms with Crippen molar-refractivity contribution in [2.24, 2.45) is 17.2 Å². The van der Waals surface area contributed by atoms with E-state index in [0.29, 0.717) is 25.8 Å². The number of carbonyl (C=O) groups excluding carboxylic acids is 4. The Morgan fingerprint density at radius 3 is 2.31 bits per heavy atom. The molecule has 1 heterocycles. The van der Waals surface area contributed by atoms with E-state index in [1.807, 2.05) is 0 Å². The number of primary amides is 1. The largest absolute Gasteiger partial charge is 0.480 e. The molecule has 0 aromatic carbocycles. The number of nitrogens with one attached hydrogen (secondary N) is 2. The van der Waals surface area contributed by atoms with E-state index < -0.39 is 66.3 Å². The maximum Gasteiger partial charge on any atom is 0.326 e. The Balaban J connectivity index is 2.92. The molecule has 0 saturated carbocycles. The Labute approximate surface area is 186 Å². The van der Waals surface area contributed by atoms with Crippen molar-refractivity contribution in [1.82, 2.24) is 15.5 Å². The lowest BCUT2D eigenvalue weighted by molar-refractivity contribution is -0.145. The number of hydrogen-bond acceptors (Lipinski definition) is 8. The summed E-state index contributed by atoms with van der Waals surface area (Å²) in [6.07, 6.45) is 0.344. The predicted octanol–water partition coefficient (Wildman–Crippen LogP) is -3.26. The van der Waals surface area contributed by atoms with Crippen molar-refractivity contribution in [2.45, 2.75) is 75.7 Å². The summed E-state index contributed by atoms with van der Waals surface area (Å²) in [6, 6.07) is -4.80. The van der Waals surface area contributed by atoms with Crippen molar-refractivity contribution >= 4 is 29.6 Å². The molecule has 4 amide bonds. The van der Waals surface area contributed by atoms with Crippen LogP contribution in [0.2, 0.25) is 0 Å². The number of amides is 4. The van der Waals surface area contributed by atoms with Gasteiger partial charge in [-0.25, -0.2) is 4.79 Å². The summed E-state index contributed by atoms with van der Waals surface area (Å²) >= 11 is 0. The highest BCUT2D eigenvalue weighted by molar-refractivity contribution is 5.96. The number of carbonyl (C=O) groups is 5. The van der Waals surface area contributed by atoms with Gasteiger partial charge in [-0.3, -0.25) is 19.2 Å². The van der Waals surface area contributed by atoms with E-state index in [0.717, 1.165) is 0 Å². The highest BCUT2D eigenvalue weighted by Gasteiger charge is 2.39. The van der Waals surface area contributed by atoms with Crippen LogP contribution in [0.1, 0.15) is 45.4 Å². The van der Waals surface area contributed by atoms with Crippen LogP contribution in [-0.2, 0) is 24.0 Å². The molecule has 1 saturated heterocycles. The van der Waals surface area contributed by atoms with Crippen molar-refractivity contribution < 1.29 is 34.2 Å². The van der Waals surface area contributed by atoms with Gasteiger partial charge < -0.3 is 42.9 Å². The molecule has 5 unspecified atom stereocenters. The first-order chi connectivity index (χ1) is 15.0. The number of carboxylic acid groups (broad SMARTS) is 1. The third-order valence-electron chi connectivity index (χ3n) is 5.24. The lowest BCUT2D eigenvalue weighted by atomic mass is 10.1. The maximum atomic E-state index is 13.0. The predicted molar refractivity (Wildman–Crippen MR) is 113 cm³/mol. The average molecular weight is 459 g/mol. The van der Waals surface area contributed by atoms with Gasteiger partial charge in [-0.15, -0.1) is 0 Å². The highest BCUT2D eigenvalue weighted by Crippen LogP contribution is 2.20. The molecule has 1 rings (SSSR count). The topological polar surface area (TPSA) is 231 Å². The standard InChI is InChI=1S/C19H34N6O7/c1-10(26)15(22)17(29)24-12(9-14(21)27)18(30)25-8-4-6-13(25)16(28)23-11(19(31)32)5-2-3-7-20/h10-13,15,26H,2-9,20,22H2,1H3,(H2,21,27)(H,23,28)(H,24,29)(H,31,32). The molecular weight excluding hydrogens is 424 g/mol. The van der Waals surface area contributed by atoms with Crippen molar-refractivity contribution in [3.8, 4) is 0 Å². The normalized spacial score (nSPS) is 19.5. The van der Waals surface area contributed by atoms with E-state index in [1.165, 1.54) is 11.8 Å². The van der Waals surface area contributed by atoms with Crippen molar-refractivity contribution in [3.05, 3.63) is 0 Å². The summed E-state index contributed by atoms with van der Waals surface area (Å²) < 4.78 is 0. The molecule has 1 aliphatic heterocycles. The summed E-state index contributed by atoms with van der Waals surface area (Å²) in [5, 5.41) is 23.6. The quantitative estimate of drug-likeness (QED) is 0.137. The van der Waals surface area contributed by atoms with Gasteiger partial charge in [0, 0.05) is 6.54 Å². The number of unbranched alkanes of at least 4 members (excludes halogenated alkanes) is 1. The van der Waals surface area contributed by atoms with E-state index in [1.54, 1.807) is 0 Å². The van der Waals surface area contributed by atoms with Crippen LogP contribution in [0.5, 0.6) is 0 Å². The number of aliphatic hydroxyl groups is 1. The molecule has 0 bridgehead atoms. The van der Waals surface area contributed by atoms with Crippen LogP contribution in [0.4, 0.5) is 0 Å². The summed E-state index contributed by atoms with van der Waals surface area (Å²) in [5.41, 5.74) is 16.2. The number of aliphatic carboxylic acids is 1. The van der Waals surface area contributed by atoms with Gasteiger partial charge in [-0.1, -0.05) is 0 Å². The first kappa shape index (κ1) is 27.3. The Morgan fingerprint density at radius 1 is 1.12 bits per heavy atom. The summed E-state index contributed by atoms with van der Waals surface area (Å²) in [6.45, 7) is 1.87. The van der Waals surface area contributed by atoms with E-state index >= 15 is 0 Å². The monoisotopic (exact) mass is 458 g/mol. The number of carboxylic acids is 1. The minimum absolute atomic E-state index is 0.176. The number of rotatable bonds is 13. The Hall–Kier alpha value is -2.77. The van der Waals surface area contributed by atoms with Gasteiger partial charge >= 0.3 is 5.97 Å². The van der Waals surface area contributed by atoms with Gasteiger partial charge in [-0.05, 0) is 45.6 Å². The second-order valence-corrected chi connectivity index (χ2v) is 7.87. The molecular formula is C19H34N6O7. The third kappa shape index (κ3) is 8.05. The zero-order valence-electron chi connectivity index (χ0n) is 18.2. The third-order valence-corrected chi connectivity index (χ3v) is 5.24. The van der Waals surface area contributed by atoms with Gasteiger partial charge in [0.25, 0.3) is 0 Å². The number of hydrogen-bond donors (Lipinski definition) is 7. The molecule has 10 N–H and O–H groups in total. The summed E-state index contributed by atoms with van der Waals surface area (Å²) in [5.74, 6) is -4.27. The second kappa shape index (κ2) is 12.9. The number of nitrogens with zero attached hydrogens (tertiary/aromatic N) is 1. The van der Waals surface area contributed by atoms with E-state index in [4.69, 9.17) is 17.2 Å². The zero-order chi connectivity index (χ0) is 24.4. The molecule has 0 aliphatic carbocycles. The summed E-state index contributed by atoms with van der Waals surface area (Å²) in [7, 11) is 0. The molecule has 0 aromatic rings. The SMILES string of the molecule is CC(O)C(N)C(=O)NC(CC(N)=O)C(=O)N1CCCC1C(=O)NC(CCCCN)C(=O)O. The fourth-order valence-electron chi connectivity index (χ4n) is 3.41. The van der Waals surface area contributed by atoms with Gasteiger partial charge in [0.2, 0.25) is 23.6 Å². The molecule has 1 aliphatic rings. The molecule has 13 nitrogen and oxygen atoms in total. The van der Waals surface area contributed by atoms with Gasteiger partial charge in [0.1, 0.15) is 24.2 Å². The van der Waals surface area contributed by atoms with Crippen molar-refractivity contribution in [2.75, 3.05) is 13.1 Å². The van der Waals surface area contributed by atoms with Crippen LogP contribution in [0.25, 0.3) is 0 Å². The van der Waals surface area contributed by atoms with Crippen molar-refractivity contribution in [3.63, 3.8) is 0 Å². The van der Waals surface area contributed by atoms with Gasteiger partial charge in [0.05, 0.1) is 12.5 Å². The van der Waals surface area contributed by atoms with Crippen LogP contribution in [-0.4, -0.2) is 88.1 Å². The fourth-order valence-corrected chi connectivity index (χ4v) is 3.41. The smallest absolute Gasteiger partial charge is 0.326 e. The number of aliphatic hydroxyl groups excluding tert-OH is 1. The van der Waals surface area contributed by atoms with Crippen molar-refractivity contribution in [1.29, 1.82) is 0 Å². The van der Waals surface area contributed by atoms with E-state index in [-0.39, 0.29) is 19.4 Å². The lowest BCUT2D eigenvalue weighted by Gasteiger charge is -2.29. The minimum atomic E-state index is -1.38. The molecule has 13 heteroatoms. The highest BCUT2D eigenvalue weighted by atomic mass is 16.4. The molecule has 182 valence electrons. The molecule has 1 fully saturated rings. The van der Waals surface area contributed by atoms with Gasteiger partial charge in [-0.2, -0.15) is 0 Å². The number of likely N-dealkylation sites (tertiary alicyclic amines) is 1. The first-order valence-electron chi connectivity index (χ1n) is 10.6.